The van der Waals surface area contributed by atoms with Crippen molar-refractivity contribution in [2.75, 3.05) is 25.6 Å². The summed E-state index contributed by atoms with van der Waals surface area (Å²) in [6.07, 6.45) is 0. The van der Waals surface area contributed by atoms with E-state index in [4.69, 9.17) is 14.6 Å². The molecule has 0 fully saturated rings. The molecule has 0 bridgehead atoms. The summed E-state index contributed by atoms with van der Waals surface area (Å²) in [6, 6.07) is 7.67. The Bertz CT molecular complexity index is 445. The van der Waals surface area contributed by atoms with Gasteiger partial charge in [-0.05, 0) is 24.6 Å². The smallest absolute Gasteiger partial charge is 0.211 e. The highest BCUT2D eigenvalue weighted by Gasteiger charge is 2.01. The molecule has 1 aromatic rings. The maximum atomic E-state index is 10.6. The van der Waals surface area contributed by atoms with Crippen LogP contribution in [0.3, 0.4) is 0 Å². The Morgan fingerprint density at radius 1 is 1.24 bits per heavy atom. The summed E-state index contributed by atoms with van der Waals surface area (Å²) in [5, 5.41) is 4.82. The van der Waals surface area contributed by atoms with Gasteiger partial charge in [0.1, 0.15) is 12.4 Å². The van der Waals surface area contributed by atoms with Crippen molar-refractivity contribution in [3.8, 4) is 5.75 Å². The van der Waals surface area contributed by atoms with Gasteiger partial charge in [-0.1, -0.05) is 12.1 Å². The predicted molar refractivity (Wildman–Crippen MR) is 65.5 cm³/mol. The third-order valence-corrected chi connectivity index (χ3v) is 2.73. The lowest BCUT2D eigenvalue weighted by Crippen LogP contribution is -2.21. The van der Waals surface area contributed by atoms with Crippen molar-refractivity contribution in [3.05, 3.63) is 29.8 Å². The molecule has 0 saturated carbocycles. The third-order valence-electron chi connectivity index (χ3n) is 2.00. The lowest BCUT2D eigenvalue weighted by Gasteiger charge is -2.07. The van der Waals surface area contributed by atoms with E-state index in [1.54, 1.807) is 0 Å². The second-order valence-corrected chi connectivity index (χ2v) is 5.38. The number of ether oxygens (including phenoxy) is 2. The van der Waals surface area contributed by atoms with Gasteiger partial charge in [0.2, 0.25) is 10.0 Å². The summed E-state index contributed by atoms with van der Waals surface area (Å²) in [6.45, 7) is 2.79. The van der Waals surface area contributed by atoms with Crippen LogP contribution in [0.1, 0.15) is 5.56 Å². The SMILES string of the molecule is Cc1cccc(OCCOCCS(N)(=O)=O)c1. The number of rotatable bonds is 7. The van der Waals surface area contributed by atoms with Gasteiger partial charge in [-0.25, -0.2) is 13.6 Å². The Hall–Kier alpha value is -1.11. The molecule has 0 atom stereocenters. The van der Waals surface area contributed by atoms with Gasteiger partial charge < -0.3 is 9.47 Å². The highest BCUT2D eigenvalue weighted by atomic mass is 32.2. The van der Waals surface area contributed by atoms with E-state index >= 15 is 0 Å². The molecule has 0 heterocycles. The van der Waals surface area contributed by atoms with Crippen molar-refractivity contribution in [3.63, 3.8) is 0 Å². The van der Waals surface area contributed by atoms with Gasteiger partial charge in [-0.3, -0.25) is 0 Å². The standard InChI is InChI=1S/C11H17NO4S/c1-10-3-2-4-11(9-10)16-6-5-15-7-8-17(12,13)14/h2-4,9H,5-8H2,1H3,(H2,12,13,14). The van der Waals surface area contributed by atoms with Crippen LogP contribution in [0, 0.1) is 6.92 Å². The van der Waals surface area contributed by atoms with Gasteiger partial charge in [-0.15, -0.1) is 0 Å². The van der Waals surface area contributed by atoms with Crippen LogP contribution in [0.15, 0.2) is 24.3 Å². The van der Waals surface area contributed by atoms with Crippen LogP contribution in [0.4, 0.5) is 0 Å². The Balaban J connectivity index is 2.13. The van der Waals surface area contributed by atoms with Crippen LogP contribution in [-0.4, -0.2) is 34.0 Å². The van der Waals surface area contributed by atoms with Crippen molar-refractivity contribution < 1.29 is 17.9 Å². The van der Waals surface area contributed by atoms with E-state index in [0.29, 0.717) is 13.2 Å². The molecule has 17 heavy (non-hydrogen) atoms. The van der Waals surface area contributed by atoms with E-state index in [-0.39, 0.29) is 12.4 Å². The number of hydrogen-bond acceptors (Lipinski definition) is 4. The molecular weight excluding hydrogens is 242 g/mol. The van der Waals surface area contributed by atoms with Gasteiger partial charge >= 0.3 is 0 Å². The molecule has 0 unspecified atom stereocenters. The highest BCUT2D eigenvalue weighted by molar-refractivity contribution is 7.89. The van der Waals surface area contributed by atoms with Crippen LogP contribution in [-0.2, 0) is 14.8 Å². The zero-order chi connectivity index (χ0) is 12.7. The number of benzene rings is 1. The van der Waals surface area contributed by atoms with E-state index in [2.05, 4.69) is 0 Å². The lowest BCUT2D eigenvalue weighted by molar-refractivity contribution is 0.111. The third kappa shape index (κ3) is 6.93. The summed E-state index contributed by atoms with van der Waals surface area (Å²) in [5.74, 6) is 0.609. The summed E-state index contributed by atoms with van der Waals surface area (Å²) in [5.41, 5.74) is 1.12. The fourth-order valence-electron chi connectivity index (χ4n) is 1.20. The molecule has 0 aliphatic rings. The van der Waals surface area contributed by atoms with Crippen molar-refractivity contribution in [1.29, 1.82) is 0 Å². The first-order chi connectivity index (χ1) is 7.97. The second kappa shape index (κ2) is 6.58. The molecule has 0 aliphatic heterocycles. The molecule has 0 amide bonds. The van der Waals surface area contributed by atoms with E-state index in [1.807, 2.05) is 31.2 Å². The lowest BCUT2D eigenvalue weighted by atomic mass is 10.2. The Labute approximate surface area is 102 Å². The summed E-state index contributed by atoms with van der Waals surface area (Å²) in [7, 11) is -3.43. The Morgan fingerprint density at radius 2 is 2.00 bits per heavy atom. The first-order valence-corrected chi connectivity index (χ1v) is 6.96. The zero-order valence-electron chi connectivity index (χ0n) is 9.76. The Kier molecular flexibility index (Phi) is 5.40. The number of nitrogens with two attached hydrogens (primary N) is 1. The minimum absolute atomic E-state index is 0.0933. The molecule has 0 spiro atoms. The first kappa shape index (κ1) is 14.0. The molecule has 1 aromatic carbocycles. The fraction of sp³-hybridized carbons (Fsp3) is 0.455. The van der Waals surface area contributed by atoms with Crippen LogP contribution >= 0.6 is 0 Å². The minimum Gasteiger partial charge on any atom is -0.491 e. The molecule has 2 N–H and O–H groups in total. The average molecular weight is 259 g/mol. The highest BCUT2D eigenvalue weighted by Crippen LogP contribution is 2.11. The molecule has 0 radical (unpaired) electrons. The van der Waals surface area contributed by atoms with E-state index < -0.39 is 10.0 Å². The fourth-order valence-corrected chi connectivity index (χ4v) is 1.55. The monoisotopic (exact) mass is 259 g/mol. The van der Waals surface area contributed by atoms with Crippen LogP contribution in [0.25, 0.3) is 0 Å². The first-order valence-electron chi connectivity index (χ1n) is 5.25. The summed E-state index contributed by atoms with van der Waals surface area (Å²) in [4.78, 5) is 0. The normalized spacial score (nSPS) is 11.4. The molecule has 6 heteroatoms. The molecule has 0 aliphatic carbocycles. The van der Waals surface area contributed by atoms with Gasteiger partial charge in [0.25, 0.3) is 0 Å². The van der Waals surface area contributed by atoms with Crippen LogP contribution in [0.2, 0.25) is 0 Å². The number of aryl methyl sites for hydroxylation is 1. The topological polar surface area (TPSA) is 78.6 Å². The predicted octanol–water partition coefficient (Wildman–Crippen LogP) is 0.679. The summed E-state index contributed by atoms with van der Waals surface area (Å²) >= 11 is 0. The van der Waals surface area contributed by atoms with Crippen molar-refractivity contribution in [2.24, 2.45) is 5.14 Å². The molecule has 0 saturated heterocycles. The van der Waals surface area contributed by atoms with Gasteiger partial charge in [0.05, 0.1) is 19.0 Å². The van der Waals surface area contributed by atoms with Gasteiger partial charge in [-0.2, -0.15) is 0 Å². The van der Waals surface area contributed by atoms with E-state index in [1.165, 1.54) is 0 Å². The molecular formula is C11H17NO4S. The van der Waals surface area contributed by atoms with E-state index in [9.17, 15) is 8.42 Å². The average Bonchev–Trinajstić information content (AvgIpc) is 2.22. The number of primary sulfonamides is 1. The van der Waals surface area contributed by atoms with Crippen molar-refractivity contribution in [2.45, 2.75) is 6.92 Å². The quantitative estimate of drug-likeness (QED) is 0.730. The van der Waals surface area contributed by atoms with E-state index in [0.717, 1.165) is 11.3 Å². The maximum Gasteiger partial charge on any atom is 0.211 e. The van der Waals surface area contributed by atoms with Gasteiger partial charge in [0, 0.05) is 0 Å². The summed E-state index contributed by atoms with van der Waals surface area (Å²) < 4.78 is 31.7. The second-order valence-electron chi connectivity index (χ2n) is 3.64. The number of sulfonamides is 1. The number of hydrogen-bond donors (Lipinski definition) is 1. The largest absolute Gasteiger partial charge is 0.491 e. The molecule has 0 aromatic heterocycles. The van der Waals surface area contributed by atoms with Gasteiger partial charge in [0.15, 0.2) is 0 Å². The van der Waals surface area contributed by atoms with Crippen molar-refractivity contribution in [1.82, 2.24) is 0 Å². The maximum absolute atomic E-state index is 10.6. The molecule has 96 valence electrons. The molecule has 5 nitrogen and oxygen atoms in total. The molecule has 1 rings (SSSR count). The van der Waals surface area contributed by atoms with Crippen molar-refractivity contribution >= 4 is 10.0 Å². The van der Waals surface area contributed by atoms with Crippen LogP contribution < -0.4 is 9.88 Å². The zero-order valence-corrected chi connectivity index (χ0v) is 10.6. The minimum atomic E-state index is -3.43. The Morgan fingerprint density at radius 3 is 2.65 bits per heavy atom. The van der Waals surface area contributed by atoms with Crippen LogP contribution in [0.5, 0.6) is 5.75 Å².